The molecule has 3 heterocycles. The zero-order valence-corrected chi connectivity index (χ0v) is 12.5. The van der Waals surface area contributed by atoms with Crippen molar-refractivity contribution >= 4 is 28.7 Å². The summed E-state index contributed by atoms with van der Waals surface area (Å²) in [4.78, 5) is 19.4. The van der Waals surface area contributed by atoms with E-state index in [1.54, 1.807) is 17.2 Å². The van der Waals surface area contributed by atoms with Gasteiger partial charge in [-0.25, -0.2) is 9.78 Å². The third-order valence-corrected chi connectivity index (χ3v) is 3.93. The van der Waals surface area contributed by atoms with Crippen molar-refractivity contribution in [2.45, 2.75) is 6.54 Å². The van der Waals surface area contributed by atoms with Gasteiger partial charge in [0.05, 0.1) is 19.0 Å². The minimum Gasteiger partial charge on any atom is -0.460 e. The van der Waals surface area contributed by atoms with Crippen molar-refractivity contribution in [2.24, 2.45) is 0 Å². The second-order valence-corrected chi connectivity index (χ2v) is 5.32. The molecule has 1 aliphatic heterocycles. The fourth-order valence-corrected chi connectivity index (χ4v) is 2.70. The summed E-state index contributed by atoms with van der Waals surface area (Å²) in [6.07, 6.45) is 1.36. The highest BCUT2D eigenvalue weighted by atomic mass is 35.5. The summed E-state index contributed by atoms with van der Waals surface area (Å²) in [5.41, 5.74) is 0.748. The maximum absolute atomic E-state index is 11.4. The Labute approximate surface area is 127 Å². The number of ether oxygens (including phenoxy) is 1. The zero-order valence-electron chi connectivity index (χ0n) is 11.7. The van der Waals surface area contributed by atoms with Crippen LogP contribution in [0.5, 0.6) is 0 Å². The fraction of sp³-hybridized carbons (Fsp3) is 0.429. The lowest BCUT2D eigenvalue weighted by atomic mass is 10.3. The normalized spacial score (nSPS) is 16.4. The highest BCUT2D eigenvalue weighted by molar-refractivity contribution is 6.34. The second-order valence-electron chi connectivity index (χ2n) is 4.96. The number of hydrogen-bond acceptors (Lipinski definition) is 5. The van der Waals surface area contributed by atoms with Crippen LogP contribution in [0.4, 0.5) is 4.79 Å². The Bertz CT molecular complexity index is 650. The van der Waals surface area contributed by atoms with E-state index in [2.05, 4.69) is 9.88 Å². The molecular weight excluding hydrogens is 294 g/mol. The number of hydrogen-bond donors (Lipinski definition) is 0. The van der Waals surface area contributed by atoms with Gasteiger partial charge in [0.15, 0.2) is 0 Å². The van der Waals surface area contributed by atoms with Gasteiger partial charge < -0.3 is 14.1 Å². The van der Waals surface area contributed by atoms with E-state index in [4.69, 9.17) is 20.8 Å². The van der Waals surface area contributed by atoms with Gasteiger partial charge in [-0.15, -0.1) is 0 Å². The van der Waals surface area contributed by atoms with E-state index < -0.39 is 0 Å². The molecule has 0 aliphatic carbocycles. The number of nitrogens with zero attached hydrogens (tertiary/aromatic N) is 3. The van der Waals surface area contributed by atoms with Crippen LogP contribution in [0.15, 0.2) is 22.7 Å². The molecule has 1 aliphatic rings. The predicted octanol–water partition coefficient (Wildman–Crippen LogP) is 2.37. The number of carbonyl (C=O) groups is 1. The Balaban J connectivity index is 1.64. The lowest BCUT2D eigenvalue weighted by molar-refractivity contribution is 0.0868. The smallest absolute Gasteiger partial charge is 0.409 e. The topological polar surface area (TPSA) is 58.8 Å². The quantitative estimate of drug-likeness (QED) is 0.797. The first-order valence-electron chi connectivity index (χ1n) is 6.75. The van der Waals surface area contributed by atoms with Crippen molar-refractivity contribution in [3.05, 3.63) is 29.2 Å². The van der Waals surface area contributed by atoms with E-state index in [9.17, 15) is 4.79 Å². The number of carbonyl (C=O) groups excluding carboxylic acids is 1. The van der Waals surface area contributed by atoms with Crippen molar-refractivity contribution in [3.63, 3.8) is 0 Å². The molecule has 0 N–H and O–H groups in total. The van der Waals surface area contributed by atoms with E-state index >= 15 is 0 Å². The van der Waals surface area contributed by atoms with Crippen molar-refractivity contribution in [3.8, 4) is 0 Å². The first-order valence-corrected chi connectivity index (χ1v) is 7.13. The first-order chi connectivity index (χ1) is 10.2. The Morgan fingerprint density at radius 2 is 2.19 bits per heavy atom. The molecule has 6 nitrogen and oxygen atoms in total. The number of halogens is 1. The Kier molecular flexibility index (Phi) is 3.98. The van der Waals surface area contributed by atoms with Gasteiger partial charge in [0.2, 0.25) is 0 Å². The van der Waals surface area contributed by atoms with Crippen LogP contribution < -0.4 is 0 Å². The molecule has 0 spiro atoms. The van der Waals surface area contributed by atoms with E-state index in [-0.39, 0.29) is 6.09 Å². The average Bonchev–Trinajstić information content (AvgIpc) is 2.91. The van der Waals surface area contributed by atoms with Gasteiger partial charge in [-0.1, -0.05) is 11.6 Å². The summed E-state index contributed by atoms with van der Waals surface area (Å²) in [5.74, 6) is 0.853. The van der Waals surface area contributed by atoms with Crippen LogP contribution in [-0.4, -0.2) is 54.2 Å². The molecule has 2 aromatic heterocycles. The molecular formula is C14H16ClN3O3. The van der Waals surface area contributed by atoms with E-state index in [1.165, 1.54) is 7.11 Å². The standard InChI is InChI=1S/C14H16ClN3O3/c1-20-14(19)18-6-4-17(5-7-18)9-10-8-11-12(21-10)2-3-16-13(11)15/h2-3,8H,4-7,9H2,1H3. The van der Waals surface area contributed by atoms with Crippen molar-refractivity contribution < 1.29 is 13.9 Å². The largest absolute Gasteiger partial charge is 0.460 e. The van der Waals surface area contributed by atoms with Crippen LogP contribution in [-0.2, 0) is 11.3 Å². The number of rotatable bonds is 2. The second kappa shape index (κ2) is 5.91. The van der Waals surface area contributed by atoms with E-state index in [1.807, 2.05) is 6.07 Å². The third kappa shape index (κ3) is 2.96. The first kappa shape index (κ1) is 14.2. The van der Waals surface area contributed by atoms with E-state index in [0.29, 0.717) is 24.8 Å². The predicted molar refractivity (Wildman–Crippen MR) is 78.3 cm³/mol. The molecule has 2 aromatic rings. The van der Waals surface area contributed by atoms with Crippen LogP contribution in [0.3, 0.4) is 0 Å². The molecule has 3 rings (SSSR count). The van der Waals surface area contributed by atoms with Gasteiger partial charge in [0, 0.05) is 32.4 Å². The summed E-state index contributed by atoms with van der Waals surface area (Å²) < 4.78 is 10.5. The SMILES string of the molecule is COC(=O)N1CCN(Cc2cc3c(Cl)nccc3o2)CC1. The fourth-order valence-electron chi connectivity index (χ4n) is 2.50. The van der Waals surface area contributed by atoms with Gasteiger partial charge in [-0.3, -0.25) is 4.90 Å². The molecule has 0 bridgehead atoms. The molecule has 0 radical (unpaired) electrons. The van der Waals surface area contributed by atoms with Crippen LogP contribution in [0.2, 0.25) is 5.15 Å². The number of aromatic nitrogens is 1. The highest BCUT2D eigenvalue weighted by Crippen LogP contribution is 2.25. The summed E-state index contributed by atoms with van der Waals surface area (Å²) in [6.45, 7) is 3.60. The molecule has 0 unspecified atom stereocenters. The van der Waals surface area contributed by atoms with Crippen LogP contribution in [0.25, 0.3) is 11.0 Å². The molecule has 1 saturated heterocycles. The molecule has 1 fully saturated rings. The molecule has 112 valence electrons. The Hall–Kier alpha value is -1.79. The minimum absolute atomic E-state index is 0.267. The highest BCUT2D eigenvalue weighted by Gasteiger charge is 2.22. The van der Waals surface area contributed by atoms with Gasteiger partial charge in [-0.2, -0.15) is 0 Å². The van der Waals surface area contributed by atoms with Crippen LogP contribution >= 0.6 is 11.6 Å². The maximum atomic E-state index is 11.4. The summed E-state index contributed by atoms with van der Waals surface area (Å²) in [5, 5.41) is 1.29. The summed E-state index contributed by atoms with van der Waals surface area (Å²) in [7, 11) is 1.40. The molecule has 7 heteroatoms. The molecule has 21 heavy (non-hydrogen) atoms. The van der Waals surface area contributed by atoms with Crippen molar-refractivity contribution in [2.75, 3.05) is 33.3 Å². The van der Waals surface area contributed by atoms with E-state index in [0.717, 1.165) is 29.8 Å². The molecule has 0 atom stereocenters. The molecule has 0 saturated carbocycles. The number of piperazine rings is 1. The molecule has 0 aromatic carbocycles. The monoisotopic (exact) mass is 309 g/mol. The van der Waals surface area contributed by atoms with Crippen LogP contribution in [0.1, 0.15) is 5.76 Å². The number of furan rings is 1. The third-order valence-electron chi connectivity index (χ3n) is 3.63. The number of methoxy groups -OCH3 is 1. The Morgan fingerprint density at radius 1 is 1.43 bits per heavy atom. The summed E-state index contributed by atoms with van der Waals surface area (Å²) >= 11 is 6.04. The van der Waals surface area contributed by atoms with Gasteiger partial charge >= 0.3 is 6.09 Å². The number of fused-ring (bicyclic) bond motifs is 1. The van der Waals surface area contributed by atoms with Crippen LogP contribution in [0, 0.1) is 0 Å². The van der Waals surface area contributed by atoms with Gasteiger partial charge in [0.25, 0.3) is 0 Å². The summed E-state index contributed by atoms with van der Waals surface area (Å²) in [6, 6.07) is 3.73. The number of pyridine rings is 1. The zero-order chi connectivity index (χ0) is 14.8. The molecule has 1 amide bonds. The lowest BCUT2D eigenvalue weighted by Gasteiger charge is -2.33. The number of amides is 1. The van der Waals surface area contributed by atoms with Crippen molar-refractivity contribution in [1.29, 1.82) is 0 Å². The van der Waals surface area contributed by atoms with Gasteiger partial charge in [0.1, 0.15) is 16.5 Å². The van der Waals surface area contributed by atoms with Gasteiger partial charge in [-0.05, 0) is 12.1 Å². The Morgan fingerprint density at radius 3 is 2.86 bits per heavy atom. The van der Waals surface area contributed by atoms with Crippen molar-refractivity contribution in [1.82, 2.24) is 14.8 Å². The average molecular weight is 310 g/mol. The lowest BCUT2D eigenvalue weighted by Crippen LogP contribution is -2.48. The maximum Gasteiger partial charge on any atom is 0.409 e. The minimum atomic E-state index is -0.267.